The first-order valence-corrected chi connectivity index (χ1v) is 10.5. The van der Waals surface area contributed by atoms with Crippen LogP contribution in [0.2, 0.25) is 5.02 Å². The molecule has 26 heavy (non-hydrogen) atoms. The number of nitrogens with zero attached hydrogens (tertiary/aromatic N) is 1. The number of ether oxygens (including phenoxy) is 1. The standard InChI is InChI=1S/C19H20ClNO4S/c1-25-18-8-2-14(3-9-18)12-21(17-10-11-26(23,24)13-17)19(22)15-4-6-16(20)7-5-15/h2-9,17H,10-13H2,1H3. The summed E-state index contributed by atoms with van der Waals surface area (Å²) >= 11 is 5.90. The molecule has 1 aliphatic heterocycles. The number of amides is 1. The molecule has 0 saturated carbocycles. The van der Waals surface area contributed by atoms with Crippen molar-refractivity contribution in [3.63, 3.8) is 0 Å². The lowest BCUT2D eigenvalue weighted by atomic mass is 10.1. The van der Waals surface area contributed by atoms with E-state index >= 15 is 0 Å². The van der Waals surface area contributed by atoms with E-state index in [9.17, 15) is 13.2 Å². The van der Waals surface area contributed by atoms with Gasteiger partial charge in [0.05, 0.1) is 18.6 Å². The highest BCUT2D eigenvalue weighted by Gasteiger charge is 2.35. The van der Waals surface area contributed by atoms with Crippen LogP contribution in [0.4, 0.5) is 0 Å². The van der Waals surface area contributed by atoms with Gasteiger partial charge in [-0.05, 0) is 48.4 Å². The molecule has 1 aliphatic rings. The SMILES string of the molecule is COc1ccc(CN(C(=O)c2ccc(Cl)cc2)C2CCS(=O)(=O)C2)cc1. The fourth-order valence-electron chi connectivity index (χ4n) is 3.07. The van der Waals surface area contributed by atoms with Crippen LogP contribution >= 0.6 is 11.6 Å². The second-order valence-electron chi connectivity index (χ2n) is 6.34. The van der Waals surface area contributed by atoms with Gasteiger partial charge in [0.2, 0.25) is 0 Å². The number of rotatable bonds is 5. The molecule has 0 radical (unpaired) electrons. The van der Waals surface area contributed by atoms with Gasteiger partial charge in [0.15, 0.2) is 9.84 Å². The highest BCUT2D eigenvalue weighted by molar-refractivity contribution is 7.91. The number of halogens is 1. The first kappa shape index (κ1) is 18.7. The molecule has 5 nitrogen and oxygen atoms in total. The molecule has 1 heterocycles. The number of benzene rings is 2. The van der Waals surface area contributed by atoms with E-state index in [1.807, 2.05) is 24.3 Å². The minimum Gasteiger partial charge on any atom is -0.497 e. The van der Waals surface area contributed by atoms with Crippen LogP contribution in [0, 0.1) is 0 Å². The van der Waals surface area contributed by atoms with Crippen LogP contribution in [-0.4, -0.2) is 43.9 Å². The van der Waals surface area contributed by atoms with E-state index in [0.29, 0.717) is 23.6 Å². The van der Waals surface area contributed by atoms with Crippen LogP contribution < -0.4 is 4.74 Å². The number of methoxy groups -OCH3 is 1. The van der Waals surface area contributed by atoms with Gasteiger partial charge in [-0.15, -0.1) is 0 Å². The second-order valence-corrected chi connectivity index (χ2v) is 9.01. The summed E-state index contributed by atoms with van der Waals surface area (Å²) in [5.74, 6) is 0.653. The molecule has 138 valence electrons. The van der Waals surface area contributed by atoms with Crippen molar-refractivity contribution >= 4 is 27.3 Å². The van der Waals surface area contributed by atoms with E-state index in [0.717, 1.165) is 11.3 Å². The lowest BCUT2D eigenvalue weighted by molar-refractivity contribution is 0.0681. The maximum atomic E-state index is 13.0. The lowest BCUT2D eigenvalue weighted by Gasteiger charge is -2.28. The maximum absolute atomic E-state index is 13.0. The van der Waals surface area contributed by atoms with Gasteiger partial charge in [-0.25, -0.2) is 8.42 Å². The topological polar surface area (TPSA) is 63.7 Å². The molecule has 0 spiro atoms. The Morgan fingerprint density at radius 1 is 1.15 bits per heavy atom. The van der Waals surface area contributed by atoms with Gasteiger partial charge in [-0.2, -0.15) is 0 Å². The predicted octanol–water partition coefficient (Wildman–Crippen LogP) is 3.18. The summed E-state index contributed by atoms with van der Waals surface area (Å²) in [6.45, 7) is 0.339. The third kappa shape index (κ3) is 4.37. The second kappa shape index (κ2) is 7.68. The van der Waals surface area contributed by atoms with Crippen molar-refractivity contribution in [2.45, 2.75) is 19.0 Å². The molecule has 0 bridgehead atoms. The Morgan fingerprint density at radius 2 is 1.81 bits per heavy atom. The highest BCUT2D eigenvalue weighted by atomic mass is 35.5. The highest BCUT2D eigenvalue weighted by Crippen LogP contribution is 2.23. The van der Waals surface area contributed by atoms with Gasteiger partial charge < -0.3 is 9.64 Å². The third-order valence-corrected chi connectivity index (χ3v) is 6.52. The molecule has 0 aromatic heterocycles. The Hall–Kier alpha value is -2.05. The molecule has 1 saturated heterocycles. The van der Waals surface area contributed by atoms with Gasteiger partial charge in [-0.3, -0.25) is 4.79 Å². The van der Waals surface area contributed by atoms with E-state index in [-0.39, 0.29) is 23.5 Å². The fourth-order valence-corrected chi connectivity index (χ4v) is 4.93. The summed E-state index contributed by atoms with van der Waals surface area (Å²) in [5.41, 5.74) is 1.41. The summed E-state index contributed by atoms with van der Waals surface area (Å²) in [7, 11) is -1.51. The number of hydrogen-bond donors (Lipinski definition) is 0. The molecule has 0 N–H and O–H groups in total. The predicted molar refractivity (Wildman–Crippen MR) is 101 cm³/mol. The quantitative estimate of drug-likeness (QED) is 0.782. The van der Waals surface area contributed by atoms with Gasteiger partial charge in [0.1, 0.15) is 5.75 Å². The number of carbonyl (C=O) groups is 1. The van der Waals surface area contributed by atoms with Gasteiger partial charge in [0.25, 0.3) is 5.91 Å². The van der Waals surface area contributed by atoms with E-state index < -0.39 is 9.84 Å². The Labute approximate surface area is 158 Å². The minimum absolute atomic E-state index is 0.00246. The molecule has 1 amide bonds. The van der Waals surface area contributed by atoms with Crippen molar-refractivity contribution in [1.29, 1.82) is 0 Å². The fraction of sp³-hybridized carbons (Fsp3) is 0.316. The van der Waals surface area contributed by atoms with E-state index in [4.69, 9.17) is 16.3 Å². The summed E-state index contributed by atoms with van der Waals surface area (Å²) in [6.07, 6.45) is 0.456. The third-order valence-electron chi connectivity index (χ3n) is 4.51. The Morgan fingerprint density at radius 3 is 2.35 bits per heavy atom. The number of sulfone groups is 1. The van der Waals surface area contributed by atoms with Crippen LogP contribution in [0.25, 0.3) is 0 Å². The Bertz CT molecular complexity index is 879. The van der Waals surface area contributed by atoms with Crippen molar-refractivity contribution in [2.75, 3.05) is 18.6 Å². The average molecular weight is 394 g/mol. The number of hydrogen-bond acceptors (Lipinski definition) is 4. The molecule has 7 heteroatoms. The molecule has 3 rings (SSSR count). The lowest BCUT2D eigenvalue weighted by Crippen LogP contribution is -2.40. The van der Waals surface area contributed by atoms with Crippen LogP contribution in [0.3, 0.4) is 0 Å². The summed E-state index contributed by atoms with van der Waals surface area (Å²) in [5, 5.41) is 0.548. The van der Waals surface area contributed by atoms with E-state index in [1.54, 1.807) is 36.3 Å². The van der Waals surface area contributed by atoms with Crippen LogP contribution in [0.15, 0.2) is 48.5 Å². The smallest absolute Gasteiger partial charge is 0.254 e. The zero-order valence-electron chi connectivity index (χ0n) is 14.4. The largest absolute Gasteiger partial charge is 0.497 e. The summed E-state index contributed by atoms with van der Waals surface area (Å²) < 4.78 is 29.0. The molecule has 1 atom stereocenters. The van der Waals surface area contributed by atoms with Crippen molar-refractivity contribution in [3.8, 4) is 5.75 Å². The van der Waals surface area contributed by atoms with Crippen LogP contribution in [0.1, 0.15) is 22.3 Å². The first-order valence-electron chi connectivity index (χ1n) is 8.28. The maximum Gasteiger partial charge on any atom is 0.254 e. The number of carbonyl (C=O) groups excluding carboxylic acids is 1. The molecular formula is C19H20ClNO4S. The molecule has 1 fully saturated rings. The van der Waals surface area contributed by atoms with Gasteiger partial charge in [0, 0.05) is 23.2 Å². The van der Waals surface area contributed by atoms with Crippen LogP contribution in [0.5, 0.6) is 5.75 Å². The molecule has 2 aromatic carbocycles. The monoisotopic (exact) mass is 393 g/mol. The van der Waals surface area contributed by atoms with Crippen molar-refractivity contribution in [2.24, 2.45) is 0 Å². The average Bonchev–Trinajstić information content (AvgIpc) is 3.00. The van der Waals surface area contributed by atoms with Crippen molar-refractivity contribution in [1.82, 2.24) is 4.90 Å². The Kier molecular flexibility index (Phi) is 5.53. The van der Waals surface area contributed by atoms with Gasteiger partial charge >= 0.3 is 0 Å². The minimum atomic E-state index is -3.10. The zero-order chi connectivity index (χ0) is 18.7. The van der Waals surface area contributed by atoms with Gasteiger partial charge in [-0.1, -0.05) is 23.7 Å². The molecule has 2 aromatic rings. The molecule has 0 aliphatic carbocycles. The first-order chi connectivity index (χ1) is 12.4. The normalized spacial score (nSPS) is 18.5. The molecule has 1 unspecified atom stereocenters. The van der Waals surface area contributed by atoms with Crippen LogP contribution in [-0.2, 0) is 16.4 Å². The van der Waals surface area contributed by atoms with E-state index in [2.05, 4.69) is 0 Å². The summed E-state index contributed by atoms with van der Waals surface area (Å²) in [6, 6.07) is 13.7. The van der Waals surface area contributed by atoms with E-state index in [1.165, 1.54) is 0 Å². The van der Waals surface area contributed by atoms with Crippen molar-refractivity contribution in [3.05, 3.63) is 64.7 Å². The molecular weight excluding hydrogens is 374 g/mol. The van der Waals surface area contributed by atoms with Crippen molar-refractivity contribution < 1.29 is 17.9 Å². The summed E-state index contributed by atoms with van der Waals surface area (Å²) in [4.78, 5) is 14.7. The Balaban J connectivity index is 1.88. The zero-order valence-corrected chi connectivity index (χ0v) is 16.0.